The first-order chi connectivity index (χ1) is 12.1. The molecule has 1 aromatic heterocycles. The van der Waals surface area contributed by atoms with Crippen molar-refractivity contribution < 1.29 is 19.0 Å². The van der Waals surface area contributed by atoms with Gasteiger partial charge in [-0.05, 0) is 35.2 Å². The van der Waals surface area contributed by atoms with Crippen molar-refractivity contribution >= 4 is 23.3 Å². The third kappa shape index (κ3) is 4.52. The molecular formula is C18H18N2O4S. The zero-order valence-electron chi connectivity index (χ0n) is 14.2. The van der Waals surface area contributed by atoms with Gasteiger partial charge in [-0.3, -0.25) is 4.79 Å². The van der Waals surface area contributed by atoms with Crippen LogP contribution < -0.4 is 19.5 Å². The Morgan fingerprint density at radius 1 is 1.24 bits per heavy atom. The second-order valence-electron chi connectivity index (χ2n) is 4.89. The Bertz CT molecular complexity index is 782. The van der Waals surface area contributed by atoms with E-state index >= 15 is 0 Å². The molecule has 2 aromatic rings. The van der Waals surface area contributed by atoms with E-state index < -0.39 is 5.91 Å². The molecule has 1 amide bonds. The second kappa shape index (κ2) is 8.76. The Hall–Kier alpha value is -2.98. The predicted octanol–water partition coefficient (Wildman–Crippen LogP) is 3.00. The molecule has 6 nitrogen and oxygen atoms in total. The molecule has 0 spiro atoms. The van der Waals surface area contributed by atoms with Crippen molar-refractivity contribution in [2.75, 3.05) is 21.3 Å². The molecule has 1 heterocycles. The zero-order chi connectivity index (χ0) is 18.2. The van der Waals surface area contributed by atoms with Crippen molar-refractivity contribution in [1.82, 2.24) is 5.32 Å². The minimum atomic E-state index is -0.440. The zero-order valence-corrected chi connectivity index (χ0v) is 15.0. The SMILES string of the molecule is COc1cc(/C=C(\C#N)C(=O)NCc2cccs2)cc(OC)c1OC. The lowest BCUT2D eigenvalue weighted by molar-refractivity contribution is -0.117. The van der Waals surface area contributed by atoms with Crippen LogP contribution in [-0.4, -0.2) is 27.2 Å². The van der Waals surface area contributed by atoms with Gasteiger partial charge in [-0.2, -0.15) is 5.26 Å². The van der Waals surface area contributed by atoms with Crippen molar-refractivity contribution in [3.8, 4) is 23.3 Å². The molecule has 0 bridgehead atoms. The van der Waals surface area contributed by atoms with Crippen LogP contribution in [0.5, 0.6) is 17.2 Å². The Morgan fingerprint density at radius 2 is 1.92 bits per heavy atom. The fourth-order valence-corrected chi connectivity index (χ4v) is 2.82. The Balaban J connectivity index is 2.26. The predicted molar refractivity (Wildman–Crippen MR) is 95.9 cm³/mol. The number of rotatable bonds is 7. The molecule has 0 radical (unpaired) electrons. The number of hydrogen-bond donors (Lipinski definition) is 1. The van der Waals surface area contributed by atoms with E-state index in [-0.39, 0.29) is 5.57 Å². The van der Waals surface area contributed by atoms with E-state index in [1.165, 1.54) is 38.7 Å². The van der Waals surface area contributed by atoms with Gasteiger partial charge in [0.2, 0.25) is 5.75 Å². The minimum absolute atomic E-state index is 0.00849. The summed E-state index contributed by atoms with van der Waals surface area (Å²) in [5, 5.41) is 14.0. The second-order valence-corrected chi connectivity index (χ2v) is 5.92. The molecule has 0 aliphatic heterocycles. The molecular weight excluding hydrogens is 340 g/mol. The molecule has 0 saturated carbocycles. The molecule has 0 saturated heterocycles. The summed E-state index contributed by atoms with van der Waals surface area (Å²) in [6.45, 7) is 0.380. The van der Waals surface area contributed by atoms with Gasteiger partial charge in [-0.1, -0.05) is 6.07 Å². The van der Waals surface area contributed by atoms with Crippen molar-refractivity contribution in [3.63, 3.8) is 0 Å². The maximum absolute atomic E-state index is 12.2. The average Bonchev–Trinajstić information content (AvgIpc) is 3.16. The molecule has 2 rings (SSSR count). The van der Waals surface area contributed by atoms with Crippen LogP contribution in [0.1, 0.15) is 10.4 Å². The molecule has 7 heteroatoms. The van der Waals surface area contributed by atoms with Gasteiger partial charge in [0.15, 0.2) is 11.5 Å². The van der Waals surface area contributed by atoms with Crippen LogP contribution in [0.3, 0.4) is 0 Å². The topological polar surface area (TPSA) is 80.6 Å². The average molecular weight is 358 g/mol. The largest absolute Gasteiger partial charge is 0.493 e. The highest BCUT2D eigenvalue weighted by atomic mass is 32.1. The van der Waals surface area contributed by atoms with Gasteiger partial charge in [-0.25, -0.2) is 0 Å². The summed E-state index contributed by atoms with van der Waals surface area (Å²) >= 11 is 1.54. The lowest BCUT2D eigenvalue weighted by atomic mass is 10.1. The maximum atomic E-state index is 12.2. The molecule has 1 N–H and O–H groups in total. The smallest absolute Gasteiger partial charge is 0.262 e. The van der Waals surface area contributed by atoms with Gasteiger partial charge in [0.1, 0.15) is 11.6 Å². The summed E-state index contributed by atoms with van der Waals surface area (Å²) in [5.74, 6) is 0.904. The number of ether oxygens (including phenoxy) is 3. The highest BCUT2D eigenvalue weighted by Crippen LogP contribution is 2.38. The fourth-order valence-electron chi connectivity index (χ4n) is 2.18. The summed E-state index contributed by atoms with van der Waals surface area (Å²) in [7, 11) is 4.52. The van der Waals surface area contributed by atoms with E-state index in [0.29, 0.717) is 29.4 Å². The van der Waals surface area contributed by atoms with E-state index in [1.807, 2.05) is 23.6 Å². The van der Waals surface area contributed by atoms with Crippen LogP contribution in [0.2, 0.25) is 0 Å². The molecule has 0 unspecified atom stereocenters. The fraction of sp³-hybridized carbons (Fsp3) is 0.222. The summed E-state index contributed by atoms with van der Waals surface area (Å²) in [4.78, 5) is 13.2. The Kier molecular flexibility index (Phi) is 6.43. The Morgan fingerprint density at radius 3 is 2.40 bits per heavy atom. The van der Waals surface area contributed by atoms with Crippen molar-refractivity contribution in [3.05, 3.63) is 45.7 Å². The normalized spacial score (nSPS) is 10.7. The number of nitriles is 1. The van der Waals surface area contributed by atoms with Gasteiger partial charge in [0.05, 0.1) is 27.9 Å². The van der Waals surface area contributed by atoms with Crippen LogP contribution in [0.15, 0.2) is 35.2 Å². The van der Waals surface area contributed by atoms with E-state index in [4.69, 9.17) is 14.2 Å². The number of nitrogens with zero attached hydrogens (tertiary/aromatic N) is 1. The number of benzene rings is 1. The van der Waals surface area contributed by atoms with Crippen LogP contribution in [-0.2, 0) is 11.3 Å². The summed E-state index contributed by atoms with van der Waals surface area (Å²) in [6, 6.07) is 9.09. The van der Waals surface area contributed by atoms with E-state index in [2.05, 4.69) is 5.32 Å². The quantitative estimate of drug-likeness (QED) is 0.608. The number of carbonyl (C=O) groups excluding carboxylic acids is 1. The molecule has 1 aromatic carbocycles. The molecule has 0 aliphatic carbocycles. The van der Waals surface area contributed by atoms with E-state index in [1.54, 1.807) is 12.1 Å². The van der Waals surface area contributed by atoms with Crippen molar-refractivity contribution in [2.45, 2.75) is 6.54 Å². The molecule has 25 heavy (non-hydrogen) atoms. The highest BCUT2D eigenvalue weighted by Gasteiger charge is 2.14. The first kappa shape index (κ1) is 18.4. The van der Waals surface area contributed by atoms with Crippen molar-refractivity contribution in [2.24, 2.45) is 0 Å². The number of hydrogen-bond acceptors (Lipinski definition) is 6. The van der Waals surface area contributed by atoms with Gasteiger partial charge in [0, 0.05) is 4.88 Å². The number of methoxy groups -OCH3 is 3. The molecule has 0 fully saturated rings. The van der Waals surface area contributed by atoms with Crippen LogP contribution >= 0.6 is 11.3 Å². The summed E-state index contributed by atoms with van der Waals surface area (Å²) in [6.07, 6.45) is 1.48. The molecule has 0 atom stereocenters. The minimum Gasteiger partial charge on any atom is -0.493 e. The third-order valence-electron chi connectivity index (χ3n) is 3.37. The lowest BCUT2D eigenvalue weighted by Crippen LogP contribution is -2.23. The summed E-state index contributed by atoms with van der Waals surface area (Å²) in [5.41, 5.74) is 0.586. The van der Waals surface area contributed by atoms with E-state index in [0.717, 1.165) is 4.88 Å². The number of nitrogens with one attached hydrogen (secondary N) is 1. The van der Waals surface area contributed by atoms with Crippen LogP contribution in [0, 0.1) is 11.3 Å². The summed E-state index contributed by atoms with van der Waals surface area (Å²) < 4.78 is 15.8. The Labute approximate surface area is 150 Å². The standard InChI is InChI=1S/C18H18N2O4S/c1-22-15-8-12(9-16(23-2)17(15)24-3)7-13(10-19)18(21)20-11-14-5-4-6-25-14/h4-9H,11H2,1-3H3,(H,20,21)/b13-7+. The van der Waals surface area contributed by atoms with Gasteiger partial charge >= 0.3 is 0 Å². The highest BCUT2D eigenvalue weighted by molar-refractivity contribution is 7.09. The number of thiophene rings is 1. The number of amides is 1. The first-order valence-corrected chi connectivity index (χ1v) is 8.23. The van der Waals surface area contributed by atoms with E-state index in [9.17, 15) is 10.1 Å². The molecule has 0 aliphatic rings. The maximum Gasteiger partial charge on any atom is 0.262 e. The third-order valence-corrected chi connectivity index (χ3v) is 4.24. The van der Waals surface area contributed by atoms with Gasteiger partial charge < -0.3 is 19.5 Å². The van der Waals surface area contributed by atoms with Gasteiger partial charge in [-0.15, -0.1) is 11.3 Å². The van der Waals surface area contributed by atoms with Crippen LogP contribution in [0.4, 0.5) is 0 Å². The molecule has 130 valence electrons. The van der Waals surface area contributed by atoms with Gasteiger partial charge in [0.25, 0.3) is 5.91 Å². The first-order valence-electron chi connectivity index (χ1n) is 7.35. The monoisotopic (exact) mass is 358 g/mol. The lowest BCUT2D eigenvalue weighted by Gasteiger charge is -2.13. The van der Waals surface area contributed by atoms with Crippen molar-refractivity contribution in [1.29, 1.82) is 5.26 Å². The van der Waals surface area contributed by atoms with Crippen LogP contribution in [0.25, 0.3) is 6.08 Å². The number of carbonyl (C=O) groups is 1.